The molecule has 1 atom stereocenters. The quantitative estimate of drug-likeness (QED) is 0.752. The van der Waals surface area contributed by atoms with Crippen LogP contribution in [-0.2, 0) is 6.42 Å². The summed E-state index contributed by atoms with van der Waals surface area (Å²) in [5, 5.41) is 9.34. The van der Waals surface area contributed by atoms with Crippen molar-refractivity contribution in [2.24, 2.45) is 11.3 Å². The first-order chi connectivity index (χ1) is 7.54. The van der Waals surface area contributed by atoms with Crippen LogP contribution in [0.5, 0.6) is 0 Å². The molecule has 1 nitrogen and oxygen atoms in total. The van der Waals surface area contributed by atoms with Gasteiger partial charge in [-0.15, -0.1) is 0 Å². The van der Waals surface area contributed by atoms with Gasteiger partial charge in [0, 0.05) is 0 Å². The molecule has 0 fully saturated rings. The molecule has 0 aliphatic rings. The summed E-state index contributed by atoms with van der Waals surface area (Å²) < 4.78 is 12.8. The fourth-order valence-corrected chi connectivity index (χ4v) is 1.95. The van der Waals surface area contributed by atoms with Gasteiger partial charge in [0.2, 0.25) is 0 Å². The molecule has 0 amide bonds. The minimum absolute atomic E-state index is 0.229. The van der Waals surface area contributed by atoms with Crippen LogP contribution in [0.25, 0.3) is 0 Å². The van der Waals surface area contributed by atoms with E-state index in [-0.39, 0.29) is 11.2 Å². The largest absolute Gasteiger partial charge is 0.207 e. The van der Waals surface area contributed by atoms with Crippen LogP contribution >= 0.6 is 0 Å². The maximum absolute atomic E-state index is 12.8. The number of halogens is 1. The molecule has 1 aromatic carbocycles. The van der Waals surface area contributed by atoms with Gasteiger partial charge in [-0.25, -0.2) is 4.39 Å². The molecule has 0 unspecified atom stereocenters. The number of hydrogen-bond donors (Lipinski definition) is 0. The van der Waals surface area contributed by atoms with Crippen molar-refractivity contribution in [3.05, 3.63) is 35.6 Å². The maximum Gasteiger partial charge on any atom is 0.123 e. The monoisotopic (exact) mass is 219 g/mol. The first-order valence-corrected chi connectivity index (χ1v) is 5.70. The maximum atomic E-state index is 12.8. The van der Waals surface area contributed by atoms with E-state index >= 15 is 0 Å². The van der Waals surface area contributed by atoms with E-state index in [0.717, 1.165) is 12.0 Å². The van der Waals surface area contributed by atoms with Gasteiger partial charge in [-0.05, 0) is 36.5 Å². The van der Waals surface area contributed by atoms with E-state index in [9.17, 15) is 9.65 Å². The standard InChI is InChI=1S/C14H18FN/c1-4-14(10-16,11(2)3)9-12-5-7-13(15)8-6-12/h5-8,11H,4,9H2,1-3H3/t14-/m1/s1. The van der Waals surface area contributed by atoms with E-state index in [2.05, 4.69) is 19.9 Å². The average molecular weight is 219 g/mol. The summed E-state index contributed by atoms with van der Waals surface area (Å²) in [6.45, 7) is 6.17. The fraction of sp³-hybridized carbons (Fsp3) is 0.500. The molecule has 0 aliphatic carbocycles. The van der Waals surface area contributed by atoms with E-state index in [1.807, 2.05) is 6.92 Å². The normalized spacial score (nSPS) is 14.5. The Morgan fingerprint density at radius 2 is 1.88 bits per heavy atom. The van der Waals surface area contributed by atoms with Crippen molar-refractivity contribution in [2.75, 3.05) is 0 Å². The second-order valence-corrected chi connectivity index (χ2v) is 4.58. The third kappa shape index (κ3) is 2.61. The number of rotatable bonds is 4. The highest BCUT2D eigenvalue weighted by Gasteiger charge is 2.32. The average Bonchev–Trinajstić information content (AvgIpc) is 2.28. The van der Waals surface area contributed by atoms with Crippen LogP contribution < -0.4 is 0 Å². The molecule has 0 bridgehead atoms. The second kappa shape index (κ2) is 5.12. The van der Waals surface area contributed by atoms with Crippen LogP contribution in [0.4, 0.5) is 4.39 Å². The van der Waals surface area contributed by atoms with E-state index in [1.54, 1.807) is 12.1 Å². The minimum atomic E-state index is -0.335. The summed E-state index contributed by atoms with van der Waals surface area (Å²) in [6.07, 6.45) is 1.51. The molecule has 16 heavy (non-hydrogen) atoms. The first-order valence-electron chi connectivity index (χ1n) is 5.70. The molecule has 0 saturated carbocycles. The van der Waals surface area contributed by atoms with Crippen LogP contribution in [0.15, 0.2) is 24.3 Å². The third-order valence-corrected chi connectivity index (χ3v) is 3.39. The molecule has 0 aliphatic heterocycles. The molecular formula is C14H18FN. The van der Waals surface area contributed by atoms with Crippen LogP contribution in [-0.4, -0.2) is 0 Å². The van der Waals surface area contributed by atoms with Crippen molar-refractivity contribution < 1.29 is 4.39 Å². The van der Waals surface area contributed by atoms with Gasteiger partial charge < -0.3 is 0 Å². The highest BCUT2D eigenvalue weighted by Crippen LogP contribution is 2.34. The van der Waals surface area contributed by atoms with Gasteiger partial charge in [0.1, 0.15) is 5.82 Å². The number of nitriles is 1. The van der Waals surface area contributed by atoms with Gasteiger partial charge >= 0.3 is 0 Å². The summed E-state index contributed by atoms with van der Waals surface area (Å²) in [4.78, 5) is 0. The summed E-state index contributed by atoms with van der Waals surface area (Å²) in [5.41, 5.74) is 0.691. The Hall–Kier alpha value is -1.36. The molecular weight excluding hydrogens is 201 g/mol. The van der Waals surface area contributed by atoms with Crippen LogP contribution in [0.2, 0.25) is 0 Å². The number of nitrogens with zero attached hydrogens (tertiary/aromatic N) is 1. The van der Waals surface area contributed by atoms with Crippen molar-refractivity contribution >= 4 is 0 Å². The Labute approximate surface area is 96.9 Å². The molecule has 2 heteroatoms. The van der Waals surface area contributed by atoms with Gasteiger partial charge in [-0.2, -0.15) is 5.26 Å². The topological polar surface area (TPSA) is 23.8 Å². The molecule has 0 aromatic heterocycles. The van der Waals surface area contributed by atoms with Crippen LogP contribution in [0.3, 0.4) is 0 Å². The van der Waals surface area contributed by atoms with Crippen molar-refractivity contribution in [1.29, 1.82) is 5.26 Å². The van der Waals surface area contributed by atoms with Gasteiger partial charge in [0.15, 0.2) is 0 Å². The smallest absolute Gasteiger partial charge is 0.123 e. The molecule has 0 heterocycles. The molecule has 0 saturated heterocycles. The Bertz CT molecular complexity index is 375. The van der Waals surface area contributed by atoms with Crippen molar-refractivity contribution in [1.82, 2.24) is 0 Å². The van der Waals surface area contributed by atoms with Crippen LogP contribution in [0.1, 0.15) is 32.8 Å². The van der Waals surface area contributed by atoms with E-state index < -0.39 is 0 Å². The first kappa shape index (κ1) is 12.7. The van der Waals surface area contributed by atoms with Crippen molar-refractivity contribution in [3.63, 3.8) is 0 Å². The Balaban J connectivity index is 2.93. The Kier molecular flexibility index (Phi) is 4.06. The van der Waals surface area contributed by atoms with Gasteiger partial charge in [0.25, 0.3) is 0 Å². The predicted molar refractivity (Wildman–Crippen MR) is 63.3 cm³/mol. The van der Waals surface area contributed by atoms with E-state index in [0.29, 0.717) is 12.3 Å². The zero-order chi connectivity index (χ0) is 12.2. The molecule has 86 valence electrons. The van der Waals surface area contributed by atoms with Crippen molar-refractivity contribution in [2.45, 2.75) is 33.6 Å². The molecule has 0 spiro atoms. The lowest BCUT2D eigenvalue weighted by molar-refractivity contribution is 0.264. The zero-order valence-electron chi connectivity index (χ0n) is 10.1. The number of hydrogen-bond acceptors (Lipinski definition) is 1. The molecule has 1 rings (SSSR count). The Morgan fingerprint density at radius 1 is 1.31 bits per heavy atom. The molecule has 1 aromatic rings. The van der Waals surface area contributed by atoms with Gasteiger partial charge in [0.05, 0.1) is 11.5 Å². The predicted octanol–water partition coefficient (Wildman–Crippen LogP) is 3.94. The second-order valence-electron chi connectivity index (χ2n) is 4.58. The third-order valence-electron chi connectivity index (χ3n) is 3.39. The van der Waals surface area contributed by atoms with Crippen LogP contribution in [0, 0.1) is 28.5 Å². The Morgan fingerprint density at radius 3 is 2.25 bits per heavy atom. The van der Waals surface area contributed by atoms with E-state index in [1.165, 1.54) is 12.1 Å². The van der Waals surface area contributed by atoms with E-state index in [4.69, 9.17) is 0 Å². The molecule has 0 radical (unpaired) electrons. The van der Waals surface area contributed by atoms with Crippen molar-refractivity contribution in [3.8, 4) is 6.07 Å². The minimum Gasteiger partial charge on any atom is -0.207 e. The lowest BCUT2D eigenvalue weighted by atomic mass is 9.72. The highest BCUT2D eigenvalue weighted by molar-refractivity contribution is 5.20. The summed E-state index contributed by atoms with van der Waals surface area (Å²) in [6, 6.07) is 8.86. The van der Waals surface area contributed by atoms with Gasteiger partial charge in [-0.3, -0.25) is 0 Å². The summed E-state index contributed by atoms with van der Waals surface area (Å²) in [5.74, 6) is 0.0694. The molecule has 0 N–H and O–H groups in total. The SMILES string of the molecule is CC[C@](C#N)(Cc1ccc(F)cc1)C(C)C. The van der Waals surface area contributed by atoms with Gasteiger partial charge in [-0.1, -0.05) is 32.9 Å². The summed E-state index contributed by atoms with van der Waals surface area (Å²) >= 11 is 0. The lowest BCUT2D eigenvalue weighted by Crippen LogP contribution is -2.27. The lowest BCUT2D eigenvalue weighted by Gasteiger charge is -2.29. The fourth-order valence-electron chi connectivity index (χ4n) is 1.95. The summed E-state index contributed by atoms with van der Waals surface area (Å²) in [7, 11) is 0. The highest BCUT2D eigenvalue weighted by atomic mass is 19.1. The number of benzene rings is 1. The zero-order valence-corrected chi connectivity index (χ0v) is 10.1.